The van der Waals surface area contributed by atoms with Crippen LogP contribution < -0.4 is 10.5 Å². The number of benzene rings is 1. The second-order valence-corrected chi connectivity index (χ2v) is 3.91. The van der Waals surface area contributed by atoms with Gasteiger partial charge in [-0.1, -0.05) is 18.2 Å². The van der Waals surface area contributed by atoms with Crippen molar-refractivity contribution in [2.24, 2.45) is 5.73 Å². The van der Waals surface area contributed by atoms with E-state index in [4.69, 9.17) is 15.6 Å². The average molecular weight is 223 g/mol. The van der Waals surface area contributed by atoms with E-state index in [-0.39, 0.29) is 12.5 Å². The number of nitrogens with two attached hydrogens (primary N) is 1. The first-order valence-electron chi connectivity index (χ1n) is 5.23. The maximum absolute atomic E-state index is 10.6. The molecule has 4 heteroatoms. The Morgan fingerprint density at radius 3 is 2.62 bits per heavy atom. The highest BCUT2D eigenvalue weighted by molar-refractivity contribution is 5.68. The molecule has 0 unspecified atom stereocenters. The SMILES string of the molecule is CC(C)Oc1ccccc1[C@@H](N)CC(=O)O. The molecule has 0 aromatic heterocycles. The molecule has 0 saturated carbocycles. The molecule has 0 aliphatic heterocycles. The Balaban J connectivity index is 2.89. The van der Waals surface area contributed by atoms with Crippen molar-refractivity contribution in [3.63, 3.8) is 0 Å². The lowest BCUT2D eigenvalue weighted by atomic mass is 10.0. The number of carbonyl (C=O) groups is 1. The quantitative estimate of drug-likeness (QED) is 0.800. The van der Waals surface area contributed by atoms with Gasteiger partial charge in [0.1, 0.15) is 5.75 Å². The topological polar surface area (TPSA) is 72.5 Å². The molecule has 1 aromatic carbocycles. The van der Waals surface area contributed by atoms with Crippen LogP contribution in [0.4, 0.5) is 0 Å². The van der Waals surface area contributed by atoms with Crippen molar-refractivity contribution in [1.29, 1.82) is 0 Å². The van der Waals surface area contributed by atoms with E-state index in [2.05, 4.69) is 0 Å². The average Bonchev–Trinajstić information content (AvgIpc) is 2.16. The van der Waals surface area contributed by atoms with E-state index >= 15 is 0 Å². The number of hydrogen-bond acceptors (Lipinski definition) is 3. The van der Waals surface area contributed by atoms with Crippen molar-refractivity contribution in [3.05, 3.63) is 29.8 Å². The first kappa shape index (κ1) is 12.5. The minimum Gasteiger partial charge on any atom is -0.491 e. The third-order valence-corrected chi connectivity index (χ3v) is 2.08. The highest BCUT2D eigenvalue weighted by Gasteiger charge is 2.15. The number of carboxylic acids is 1. The molecule has 0 heterocycles. The molecule has 1 rings (SSSR count). The monoisotopic (exact) mass is 223 g/mol. The zero-order valence-electron chi connectivity index (χ0n) is 9.51. The lowest BCUT2D eigenvalue weighted by molar-refractivity contribution is -0.137. The Bertz CT molecular complexity index is 363. The number of para-hydroxylation sites is 1. The zero-order chi connectivity index (χ0) is 12.1. The Morgan fingerprint density at radius 2 is 2.06 bits per heavy atom. The summed E-state index contributed by atoms with van der Waals surface area (Å²) in [4.78, 5) is 10.6. The van der Waals surface area contributed by atoms with Crippen molar-refractivity contribution in [1.82, 2.24) is 0 Å². The summed E-state index contributed by atoms with van der Waals surface area (Å²) >= 11 is 0. The summed E-state index contributed by atoms with van der Waals surface area (Å²) in [6.07, 6.45) is -0.0588. The third-order valence-electron chi connectivity index (χ3n) is 2.08. The van der Waals surface area contributed by atoms with Gasteiger partial charge in [-0.3, -0.25) is 4.79 Å². The van der Waals surface area contributed by atoms with E-state index in [0.717, 1.165) is 5.56 Å². The predicted octanol–water partition coefficient (Wildman–Crippen LogP) is 1.95. The van der Waals surface area contributed by atoms with Gasteiger partial charge >= 0.3 is 5.97 Å². The number of carboxylic acid groups (broad SMARTS) is 1. The van der Waals surface area contributed by atoms with E-state index in [1.165, 1.54) is 0 Å². The van der Waals surface area contributed by atoms with E-state index in [1.807, 2.05) is 26.0 Å². The van der Waals surface area contributed by atoms with Crippen LogP contribution in [0, 0.1) is 0 Å². The van der Waals surface area contributed by atoms with Crippen LogP contribution in [0.15, 0.2) is 24.3 Å². The molecular formula is C12H17NO3. The van der Waals surface area contributed by atoms with Crippen molar-refractivity contribution in [3.8, 4) is 5.75 Å². The number of ether oxygens (including phenoxy) is 1. The van der Waals surface area contributed by atoms with E-state index in [1.54, 1.807) is 12.1 Å². The van der Waals surface area contributed by atoms with Crippen LogP contribution in [-0.2, 0) is 4.79 Å². The fraction of sp³-hybridized carbons (Fsp3) is 0.417. The molecule has 0 saturated heterocycles. The van der Waals surface area contributed by atoms with Crippen LogP contribution in [0.2, 0.25) is 0 Å². The van der Waals surface area contributed by atoms with E-state index < -0.39 is 12.0 Å². The fourth-order valence-electron chi connectivity index (χ4n) is 1.45. The fourth-order valence-corrected chi connectivity index (χ4v) is 1.45. The Kier molecular flexibility index (Phi) is 4.31. The second-order valence-electron chi connectivity index (χ2n) is 3.91. The third kappa shape index (κ3) is 3.55. The Labute approximate surface area is 95.0 Å². The van der Waals surface area contributed by atoms with Gasteiger partial charge in [0.2, 0.25) is 0 Å². The normalized spacial score (nSPS) is 12.5. The minimum absolute atomic E-state index is 0.0400. The molecule has 0 aliphatic rings. The van der Waals surface area contributed by atoms with Crippen LogP contribution in [-0.4, -0.2) is 17.2 Å². The molecule has 1 atom stereocenters. The Hall–Kier alpha value is -1.55. The largest absolute Gasteiger partial charge is 0.491 e. The molecule has 4 nitrogen and oxygen atoms in total. The van der Waals surface area contributed by atoms with Crippen LogP contribution >= 0.6 is 0 Å². The van der Waals surface area contributed by atoms with Gasteiger partial charge in [0, 0.05) is 11.6 Å². The van der Waals surface area contributed by atoms with E-state index in [9.17, 15) is 4.79 Å². The van der Waals surface area contributed by atoms with Crippen LogP contribution in [0.3, 0.4) is 0 Å². The molecule has 0 radical (unpaired) electrons. The highest BCUT2D eigenvalue weighted by Crippen LogP contribution is 2.26. The van der Waals surface area contributed by atoms with Gasteiger partial charge in [0.15, 0.2) is 0 Å². The molecule has 0 amide bonds. The summed E-state index contributed by atoms with van der Waals surface area (Å²) in [5.74, 6) is -0.252. The predicted molar refractivity (Wildman–Crippen MR) is 61.4 cm³/mol. The first-order chi connectivity index (χ1) is 7.50. The lowest BCUT2D eigenvalue weighted by Gasteiger charge is -2.17. The maximum Gasteiger partial charge on any atom is 0.305 e. The van der Waals surface area contributed by atoms with Gasteiger partial charge in [-0.05, 0) is 19.9 Å². The zero-order valence-corrected chi connectivity index (χ0v) is 9.51. The summed E-state index contributed by atoms with van der Waals surface area (Å²) in [5, 5.41) is 8.70. The first-order valence-corrected chi connectivity index (χ1v) is 5.23. The van der Waals surface area contributed by atoms with Crippen LogP contribution in [0.25, 0.3) is 0 Å². The molecule has 0 fully saturated rings. The van der Waals surface area contributed by atoms with Gasteiger partial charge in [-0.2, -0.15) is 0 Å². The van der Waals surface area contributed by atoms with Crippen LogP contribution in [0.5, 0.6) is 5.75 Å². The molecule has 16 heavy (non-hydrogen) atoms. The summed E-state index contributed by atoms with van der Waals surface area (Å²) in [6, 6.07) is 6.73. The van der Waals surface area contributed by atoms with Gasteiger partial charge in [0.25, 0.3) is 0 Å². The maximum atomic E-state index is 10.6. The van der Waals surface area contributed by atoms with Gasteiger partial charge in [0.05, 0.1) is 12.5 Å². The molecule has 0 spiro atoms. The molecule has 3 N–H and O–H groups in total. The van der Waals surface area contributed by atoms with Crippen LogP contribution in [0.1, 0.15) is 31.9 Å². The number of rotatable bonds is 5. The van der Waals surface area contributed by atoms with Gasteiger partial charge in [-0.25, -0.2) is 0 Å². The van der Waals surface area contributed by atoms with Gasteiger partial charge < -0.3 is 15.6 Å². The summed E-state index contributed by atoms with van der Waals surface area (Å²) < 4.78 is 5.58. The van der Waals surface area contributed by atoms with E-state index in [0.29, 0.717) is 5.75 Å². The smallest absolute Gasteiger partial charge is 0.305 e. The van der Waals surface area contributed by atoms with Crippen molar-refractivity contribution >= 4 is 5.97 Å². The number of hydrogen-bond donors (Lipinski definition) is 2. The second kappa shape index (κ2) is 5.51. The minimum atomic E-state index is -0.910. The van der Waals surface area contributed by atoms with Crippen molar-refractivity contribution in [2.75, 3.05) is 0 Å². The summed E-state index contributed by atoms with van der Waals surface area (Å²) in [6.45, 7) is 3.83. The molecule has 1 aromatic rings. The summed E-state index contributed by atoms with van der Waals surface area (Å²) in [5.41, 5.74) is 6.55. The summed E-state index contributed by atoms with van der Waals surface area (Å²) in [7, 11) is 0. The molecule has 88 valence electrons. The molecular weight excluding hydrogens is 206 g/mol. The standard InChI is InChI=1S/C12H17NO3/c1-8(2)16-11-6-4-3-5-9(11)10(13)7-12(14)15/h3-6,8,10H,7,13H2,1-2H3,(H,14,15)/t10-/m0/s1. The van der Waals surface area contributed by atoms with Crippen molar-refractivity contribution < 1.29 is 14.6 Å². The number of aliphatic carboxylic acids is 1. The highest BCUT2D eigenvalue weighted by atomic mass is 16.5. The lowest BCUT2D eigenvalue weighted by Crippen LogP contribution is -2.17. The Morgan fingerprint density at radius 1 is 1.44 bits per heavy atom. The van der Waals surface area contributed by atoms with Crippen molar-refractivity contribution in [2.45, 2.75) is 32.4 Å². The molecule has 0 bridgehead atoms. The molecule has 0 aliphatic carbocycles. The van der Waals surface area contributed by atoms with Gasteiger partial charge in [-0.15, -0.1) is 0 Å².